The summed E-state index contributed by atoms with van der Waals surface area (Å²) in [6.07, 6.45) is 1.73. The number of carbonyl (C=O) groups is 1. The Hall–Kier alpha value is -3.73. The van der Waals surface area contributed by atoms with Crippen LogP contribution < -0.4 is 4.90 Å². The highest BCUT2D eigenvalue weighted by atomic mass is 32.2. The third-order valence-corrected chi connectivity index (χ3v) is 10.1. The standard InChI is InChI=1S/C31H33N5O3S2/c1-21-11-9-13-23(17-21)36-29(22-12-10-14-25(18-22)41(38,39)34(4)5)32-33-30(36)40-20-24(37)19-28-31(2,3)26-15-7-8-16-27(26)35(28)6/h7-19H,20H2,1-6H3. The van der Waals surface area contributed by atoms with Gasteiger partial charge >= 0.3 is 0 Å². The van der Waals surface area contributed by atoms with Crippen LogP contribution in [0.15, 0.2) is 94.6 Å². The van der Waals surface area contributed by atoms with E-state index in [0.29, 0.717) is 16.5 Å². The summed E-state index contributed by atoms with van der Waals surface area (Å²) in [5.41, 5.74) is 5.43. The van der Waals surface area contributed by atoms with Crippen molar-refractivity contribution < 1.29 is 13.2 Å². The maximum atomic E-state index is 13.3. The second-order valence-corrected chi connectivity index (χ2v) is 13.9. The Morgan fingerprint density at radius 2 is 1.73 bits per heavy atom. The van der Waals surface area contributed by atoms with Crippen LogP contribution in [0, 0.1) is 6.92 Å². The van der Waals surface area contributed by atoms with Crippen LogP contribution in [0.25, 0.3) is 17.1 Å². The van der Waals surface area contributed by atoms with Crippen LogP contribution in [0.3, 0.4) is 0 Å². The first kappa shape index (κ1) is 28.8. The number of hydrogen-bond donors (Lipinski definition) is 0. The molecule has 0 unspecified atom stereocenters. The number of anilines is 1. The molecule has 5 rings (SSSR count). The normalized spacial score (nSPS) is 15.5. The SMILES string of the molecule is Cc1cccc(-n2c(SCC(=O)C=C3N(C)c4ccccc4C3(C)C)nnc2-c2cccc(S(=O)(=O)N(C)C)c2)c1. The molecule has 3 aromatic carbocycles. The van der Waals surface area contributed by atoms with E-state index in [1.807, 2.05) is 61.0 Å². The molecule has 41 heavy (non-hydrogen) atoms. The Kier molecular flexibility index (Phi) is 7.67. The highest BCUT2D eigenvalue weighted by Gasteiger charge is 2.38. The number of thioether (sulfide) groups is 1. The van der Waals surface area contributed by atoms with E-state index in [0.717, 1.165) is 22.6 Å². The maximum absolute atomic E-state index is 13.3. The molecule has 212 valence electrons. The quantitative estimate of drug-likeness (QED) is 0.200. The summed E-state index contributed by atoms with van der Waals surface area (Å²) in [5, 5.41) is 9.43. The molecule has 1 aromatic heterocycles. The van der Waals surface area contributed by atoms with Crippen LogP contribution in [-0.2, 0) is 20.2 Å². The molecule has 0 bridgehead atoms. The number of nitrogens with zero attached hydrogens (tertiary/aromatic N) is 5. The lowest BCUT2D eigenvalue weighted by atomic mass is 9.83. The molecule has 4 aromatic rings. The van der Waals surface area contributed by atoms with Gasteiger partial charge in [0.1, 0.15) is 0 Å². The summed E-state index contributed by atoms with van der Waals surface area (Å²) in [4.78, 5) is 15.6. The van der Waals surface area contributed by atoms with E-state index in [9.17, 15) is 13.2 Å². The molecule has 0 saturated carbocycles. The molecule has 0 radical (unpaired) electrons. The van der Waals surface area contributed by atoms with Gasteiger partial charge in [0.15, 0.2) is 16.8 Å². The zero-order valence-corrected chi connectivity index (χ0v) is 25.6. The second-order valence-electron chi connectivity index (χ2n) is 10.8. The number of sulfonamides is 1. The average Bonchev–Trinajstić information content (AvgIpc) is 3.45. The fourth-order valence-corrected chi connectivity index (χ4v) is 6.87. The van der Waals surface area contributed by atoms with Crippen molar-refractivity contribution in [3.05, 3.63) is 95.7 Å². The van der Waals surface area contributed by atoms with Gasteiger partial charge in [0.25, 0.3) is 0 Å². The number of aromatic nitrogens is 3. The average molecular weight is 588 g/mol. The number of allylic oxidation sites excluding steroid dienone is 2. The first-order valence-electron chi connectivity index (χ1n) is 13.2. The molecule has 8 nitrogen and oxygen atoms in total. The van der Waals surface area contributed by atoms with Crippen molar-refractivity contribution in [2.24, 2.45) is 0 Å². The summed E-state index contributed by atoms with van der Waals surface area (Å²) in [5.74, 6) is 0.631. The Bertz CT molecular complexity index is 1770. The van der Waals surface area contributed by atoms with Crippen molar-refractivity contribution in [3.63, 3.8) is 0 Å². The lowest BCUT2D eigenvalue weighted by Gasteiger charge is -2.23. The molecule has 0 spiro atoms. The Balaban J connectivity index is 1.48. The molecule has 0 aliphatic carbocycles. The zero-order chi connectivity index (χ0) is 29.5. The minimum Gasteiger partial charge on any atom is -0.347 e. The highest BCUT2D eigenvalue weighted by Crippen LogP contribution is 2.46. The van der Waals surface area contributed by atoms with Gasteiger partial charge in [-0.05, 0) is 48.4 Å². The summed E-state index contributed by atoms with van der Waals surface area (Å²) < 4.78 is 28.7. The number of fused-ring (bicyclic) bond motifs is 1. The molecule has 0 fully saturated rings. The second kappa shape index (κ2) is 10.9. The molecule has 1 aliphatic heterocycles. The fraction of sp³-hybridized carbons (Fsp3) is 0.258. The molecule has 0 atom stereocenters. The van der Waals surface area contributed by atoms with Gasteiger partial charge in [0.2, 0.25) is 10.0 Å². The minimum absolute atomic E-state index is 0.0304. The number of rotatable bonds is 8. The van der Waals surface area contributed by atoms with Gasteiger partial charge in [-0.15, -0.1) is 10.2 Å². The van der Waals surface area contributed by atoms with Gasteiger partial charge in [0, 0.05) is 55.3 Å². The first-order chi connectivity index (χ1) is 19.4. The van der Waals surface area contributed by atoms with Crippen molar-refractivity contribution in [1.29, 1.82) is 0 Å². The Morgan fingerprint density at radius 3 is 2.44 bits per heavy atom. The van der Waals surface area contributed by atoms with Gasteiger partial charge in [-0.1, -0.05) is 68.1 Å². The molecule has 0 N–H and O–H groups in total. The van der Waals surface area contributed by atoms with Gasteiger partial charge in [-0.25, -0.2) is 12.7 Å². The van der Waals surface area contributed by atoms with Gasteiger partial charge < -0.3 is 4.90 Å². The first-order valence-corrected chi connectivity index (χ1v) is 15.6. The van der Waals surface area contributed by atoms with E-state index >= 15 is 0 Å². The Morgan fingerprint density at radius 1 is 1.00 bits per heavy atom. The van der Waals surface area contributed by atoms with Crippen molar-refractivity contribution in [3.8, 4) is 17.1 Å². The molecule has 2 heterocycles. The number of benzene rings is 3. The van der Waals surface area contributed by atoms with Crippen LogP contribution in [0.5, 0.6) is 0 Å². The summed E-state index contributed by atoms with van der Waals surface area (Å²) in [6, 6.07) is 22.8. The fourth-order valence-electron chi connectivity index (χ4n) is 5.15. The topological polar surface area (TPSA) is 88.4 Å². The third kappa shape index (κ3) is 5.35. The smallest absolute Gasteiger partial charge is 0.242 e. The molecular weight excluding hydrogens is 555 g/mol. The number of para-hydroxylation sites is 1. The highest BCUT2D eigenvalue weighted by molar-refractivity contribution is 7.99. The van der Waals surface area contributed by atoms with Gasteiger partial charge in [-0.3, -0.25) is 9.36 Å². The molecule has 0 amide bonds. The van der Waals surface area contributed by atoms with E-state index < -0.39 is 10.0 Å². The van der Waals surface area contributed by atoms with E-state index in [1.54, 1.807) is 24.3 Å². The molecular formula is C31H33N5O3S2. The number of aryl methyl sites for hydroxylation is 1. The number of likely N-dealkylation sites (N-methyl/N-ethyl adjacent to an activating group) is 1. The number of ketones is 1. The predicted molar refractivity (Wildman–Crippen MR) is 164 cm³/mol. The summed E-state index contributed by atoms with van der Waals surface area (Å²) >= 11 is 1.30. The largest absolute Gasteiger partial charge is 0.347 e. The van der Waals surface area contributed by atoms with Gasteiger partial charge in [-0.2, -0.15) is 0 Å². The minimum atomic E-state index is -3.64. The van der Waals surface area contributed by atoms with Crippen LogP contribution >= 0.6 is 11.8 Å². The van der Waals surface area contributed by atoms with Crippen molar-refractivity contribution in [2.75, 3.05) is 31.8 Å². The van der Waals surface area contributed by atoms with E-state index in [-0.39, 0.29) is 21.8 Å². The lowest BCUT2D eigenvalue weighted by Crippen LogP contribution is -2.24. The van der Waals surface area contributed by atoms with Crippen LogP contribution in [0.1, 0.15) is 25.0 Å². The molecule has 1 aliphatic rings. The van der Waals surface area contributed by atoms with Crippen LogP contribution in [0.4, 0.5) is 5.69 Å². The Labute approximate surface area is 245 Å². The maximum Gasteiger partial charge on any atom is 0.242 e. The predicted octanol–water partition coefficient (Wildman–Crippen LogP) is 5.47. The van der Waals surface area contributed by atoms with Crippen molar-refractivity contribution in [2.45, 2.75) is 36.2 Å². The summed E-state index contributed by atoms with van der Waals surface area (Å²) in [6.45, 7) is 6.26. The zero-order valence-electron chi connectivity index (χ0n) is 24.0. The molecule has 0 saturated heterocycles. The van der Waals surface area contributed by atoms with E-state index in [1.165, 1.54) is 35.7 Å². The van der Waals surface area contributed by atoms with Crippen molar-refractivity contribution in [1.82, 2.24) is 19.1 Å². The monoisotopic (exact) mass is 587 g/mol. The van der Waals surface area contributed by atoms with Crippen molar-refractivity contribution >= 4 is 33.3 Å². The van der Waals surface area contributed by atoms with Crippen LogP contribution in [0.2, 0.25) is 0 Å². The summed E-state index contributed by atoms with van der Waals surface area (Å²) in [7, 11) is 1.36. The number of hydrogen-bond acceptors (Lipinski definition) is 7. The molecule has 10 heteroatoms. The van der Waals surface area contributed by atoms with Crippen LogP contribution in [-0.4, -0.2) is 60.2 Å². The third-order valence-electron chi connectivity index (χ3n) is 7.35. The lowest BCUT2D eigenvalue weighted by molar-refractivity contribution is -0.112. The number of carbonyl (C=O) groups excluding carboxylic acids is 1. The van der Waals surface area contributed by atoms with Gasteiger partial charge in [0.05, 0.1) is 10.6 Å². The van der Waals surface area contributed by atoms with E-state index in [2.05, 4.69) is 41.1 Å². The van der Waals surface area contributed by atoms with E-state index in [4.69, 9.17) is 0 Å².